The van der Waals surface area contributed by atoms with Gasteiger partial charge in [0.25, 0.3) is 11.8 Å². The second-order valence-electron chi connectivity index (χ2n) is 7.57. The third kappa shape index (κ3) is 5.56. The maximum atomic E-state index is 14.4. The Morgan fingerprint density at radius 3 is 2.72 bits per heavy atom. The highest BCUT2D eigenvalue weighted by molar-refractivity contribution is 6.30. The number of nitrogens with one attached hydrogen (secondary N) is 1. The highest BCUT2D eigenvalue weighted by atomic mass is 35.5. The number of carbonyl (C=O) groups excluding carboxylic acids is 1. The van der Waals surface area contributed by atoms with Crippen LogP contribution in [0.2, 0.25) is 5.02 Å². The van der Waals surface area contributed by atoms with Gasteiger partial charge >= 0.3 is 0 Å². The van der Waals surface area contributed by atoms with E-state index in [0.717, 1.165) is 4.90 Å². The standard InChI is InChI=1S/C21H24ClF2N7O/c1-13-7-21(23,24)12-31(17(13)11-30-20-28-8-14(22)9-29-20)19(32)18(25)15(10-26-2)16-5-3-4-6-27-16/h3-6,8-10,13,17H,7,11-12,25H2,1-2H3,(H,28,29,30). The Labute approximate surface area is 189 Å². The number of pyridine rings is 1. The third-order valence-corrected chi connectivity index (χ3v) is 5.34. The molecule has 0 spiro atoms. The summed E-state index contributed by atoms with van der Waals surface area (Å²) < 4.78 is 28.9. The van der Waals surface area contributed by atoms with Crippen LogP contribution in [-0.4, -0.2) is 64.1 Å². The van der Waals surface area contributed by atoms with Crippen molar-refractivity contribution in [1.29, 1.82) is 0 Å². The average molecular weight is 464 g/mol. The summed E-state index contributed by atoms with van der Waals surface area (Å²) in [6.07, 6.45) is 5.44. The molecule has 0 aromatic carbocycles. The van der Waals surface area contributed by atoms with Crippen LogP contribution >= 0.6 is 11.6 Å². The number of piperidine rings is 1. The lowest BCUT2D eigenvalue weighted by Gasteiger charge is -2.43. The van der Waals surface area contributed by atoms with Crippen LogP contribution < -0.4 is 11.1 Å². The average Bonchev–Trinajstić information content (AvgIpc) is 2.76. The summed E-state index contributed by atoms with van der Waals surface area (Å²) in [5.41, 5.74) is 6.67. The van der Waals surface area contributed by atoms with E-state index >= 15 is 0 Å². The number of hydrogen-bond donors (Lipinski definition) is 2. The summed E-state index contributed by atoms with van der Waals surface area (Å²) in [7, 11) is 1.52. The minimum absolute atomic E-state index is 0.165. The molecule has 170 valence electrons. The molecule has 1 saturated heterocycles. The number of aromatic nitrogens is 3. The molecule has 0 aliphatic carbocycles. The van der Waals surface area contributed by atoms with Crippen molar-refractivity contribution in [3.8, 4) is 0 Å². The van der Waals surface area contributed by atoms with Gasteiger partial charge in [0.2, 0.25) is 5.95 Å². The van der Waals surface area contributed by atoms with E-state index in [1.54, 1.807) is 31.3 Å². The smallest absolute Gasteiger partial charge is 0.271 e. The summed E-state index contributed by atoms with van der Waals surface area (Å²) >= 11 is 5.80. The molecule has 8 nitrogen and oxygen atoms in total. The van der Waals surface area contributed by atoms with Gasteiger partial charge in [0, 0.05) is 38.0 Å². The van der Waals surface area contributed by atoms with Gasteiger partial charge in [0.1, 0.15) is 5.70 Å². The molecule has 0 saturated carbocycles. The van der Waals surface area contributed by atoms with Crippen molar-refractivity contribution in [1.82, 2.24) is 19.9 Å². The van der Waals surface area contributed by atoms with Gasteiger partial charge in [-0.05, 0) is 18.1 Å². The number of alkyl halides is 2. The molecule has 1 aliphatic heterocycles. The highest BCUT2D eigenvalue weighted by Gasteiger charge is 2.46. The van der Waals surface area contributed by atoms with E-state index in [-0.39, 0.29) is 30.2 Å². The second-order valence-corrected chi connectivity index (χ2v) is 8.01. The zero-order valence-corrected chi connectivity index (χ0v) is 18.4. The van der Waals surface area contributed by atoms with Crippen molar-refractivity contribution in [3.05, 3.63) is 53.2 Å². The van der Waals surface area contributed by atoms with E-state index in [0.29, 0.717) is 10.7 Å². The van der Waals surface area contributed by atoms with Crippen LogP contribution in [0.4, 0.5) is 14.7 Å². The van der Waals surface area contributed by atoms with Crippen LogP contribution in [0.3, 0.4) is 0 Å². The van der Waals surface area contributed by atoms with E-state index in [1.807, 2.05) is 0 Å². The van der Waals surface area contributed by atoms with Crippen LogP contribution in [0.25, 0.3) is 5.57 Å². The van der Waals surface area contributed by atoms with Gasteiger partial charge in [0.05, 0.1) is 35.7 Å². The molecule has 11 heteroatoms. The van der Waals surface area contributed by atoms with Crippen LogP contribution in [0.1, 0.15) is 19.0 Å². The van der Waals surface area contributed by atoms with Gasteiger partial charge in [0.15, 0.2) is 0 Å². The number of aliphatic imine (C=N–C) groups is 1. The molecule has 2 unspecified atom stereocenters. The van der Waals surface area contributed by atoms with E-state index < -0.39 is 30.3 Å². The van der Waals surface area contributed by atoms with Gasteiger partial charge in [-0.15, -0.1) is 0 Å². The number of nitrogens with zero attached hydrogens (tertiary/aromatic N) is 5. The Hall–Kier alpha value is -3.14. The maximum absolute atomic E-state index is 14.4. The SMILES string of the molecule is CN=CC(=C(N)C(=O)N1CC(F)(F)CC(C)C1CNc1ncc(Cl)cn1)c1ccccn1. The monoisotopic (exact) mass is 463 g/mol. The molecule has 0 bridgehead atoms. The fourth-order valence-electron chi connectivity index (χ4n) is 3.67. The number of halogens is 3. The van der Waals surface area contributed by atoms with Crippen molar-refractivity contribution in [2.24, 2.45) is 16.6 Å². The Kier molecular flexibility index (Phi) is 7.34. The van der Waals surface area contributed by atoms with E-state index in [4.69, 9.17) is 17.3 Å². The highest BCUT2D eigenvalue weighted by Crippen LogP contribution is 2.35. The summed E-state index contributed by atoms with van der Waals surface area (Å²) in [4.78, 5) is 30.7. The lowest BCUT2D eigenvalue weighted by Crippen LogP contribution is -2.58. The molecular weight excluding hydrogens is 440 g/mol. The number of rotatable bonds is 6. The first-order valence-corrected chi connectivity index (χ1v) is 10.3. The van der Waals surface area contributed by atoms with Gasteiger partial charge in [-0.25, -0.2) is 18.7 Å². The number of carbonyl (C=O) groups is 1. The quantitative estimate of drug-likeness (QED) is 0.503. The topological polar surface area (TPSA) is 109 Å². The largest absolute Gasteiger partial charge is 0.394 e. The van der Waals surface area contributed by atoms with Gasteiger partial charge < -0.3 is 16.0 Å². The zero-order valence-electron chi connectivity index (χ0n) is 17.7. The normalized spacial score (nSPS) is 21.3. The maximum Gasteiger partial charge on any atom is 0.271 e. The second kappa shape index (κ2) is 9.99. The molecule has 2 aromatic heterocycles. The summed E-state index contributed by atoms with van der Waals surface area (Å²) in [5.74, 6) is -3.97. The summed E-state index contributed by atoms with van der Waals surface area (Å²) in [6.45, 7) is 1.09. The van der Waals surface area contributed by atoms with Crippen molar-refractivity contribution in [2.75, 3.05) is 25.5 Å². The molecule has 3 N–H and O–H groups in total. The minimum atomic E-state index is -3.04. The molecule has 3 heterocycles. The summed E-state index contributed by atoms with van der Waals surface area (Å²) in [5, 5.41) is 3.36. The lowest BCUT2D eigenvalue weighted by molar-refractivity contribution is -0.148. The van der Waals surface area contributed by atoms with E-state index in [1.165, 1.54) is 25.7 Å². The molecule has 2 aromatic rings. The van der Waals surface area contributed by atoms with Gasteiger partial charge in [-0.2, -0.15) is 0 Å². The first kappa shape index (κ1) is 23.5. The van der Waals surface area contributed by atoms with Crippen molar-refractivity contribution < 1.29 is 13.6 Å². The lowest BCUT2D eigenvalue weighted by atomic mass is 9.88. The van der Waals surface area contributed by atoms with Crippen LogP contribution in [-0.2, 0) is 4.79 Å². The molecule has 1 amide bonds. The number of amides is 1. The first-order valence-electron chi connectivity index (χ1n) is 9.95. The first-order chi connectivity index (χ1) is 15.2. The third-order valence-electron chi connectivity index (χ3n) is 5.15. The Balaban J connectivity index is 1.91. The Morgan fingerprint density at radius 2 is 2.09 bits per heavy atom. The van der Waals surface area contributed by atoms with Crippen molar-refractivity contribution in [2.45, 2.75) is 25.3 Å². The van der Waals surface area contributed by atoms with E-state index in [9.17, 15) is 13.6 Å². The minimum Gasteiger partial charge on any atom is -0.394 e. The Morgan fingerprint density at radius 1 is 1.38 bits per heavy atom. The molecule has 1 fully saturated rings. The number of anilines is 1. The van der Waals surface area contributed by atoms with Crippen LogP contribution in [0.5, 0.6) is 0 Å². The fourth-order valence-corrected chi connectivity index (χ4v) is 3.77. The molecule has 0 radical (unpaired) electrons. The van der Waals surface area contributed by atoms with Gasteiger partial charge in [-0.1, -0.05) is 24.6 Å². The van der Waals surface area contributed by atoms with E-state index in [2.05, 4.69) is 25.3 Å². The fraction of sp³-hybridized carbons (Fsp3) is 0.381. The summed E-state index contributed by atoms with van der Waals surface area (Å²) in [6, 6.07) is 4.56. The zero-order chi connectivity index (χ0) is 23.3. The van der Waals surface area contributed by atoms with Crippen LogP contribution in [0.15, 0.2) is 47.5 Å². The van der Waals surface area contributed by atoms with Gasteiger partial charge in [-0.3, -0.25) is 14.8 Å². The van der Waals surface area contributed by atoms with Crippen molar-refractivity contribution >= 4 is 35.2 Å². The molecule has 32 heavy (non-hydrogen) atoms. The van der Waals surface area contributed by atoms with Crippen LogP contribution in [0, 0.1) is 5.92 Å². The molecular formula is C21H24ClF2N7O. The number of allylic oxidation sites excluding steroid dienone is 1. The number of likely N-dealkylation sites (tertiary alicyclic amines) is 1. The molecule has 1 aliphatic rings. The predicted molar refractivity (Wildman–Crippen MR) is 120 cm³/mol. The number of hydrogen-bond acceptors (Lipinski definition) is 7. The Bertz CT molecular complexity index is 999. The van der Waals surface area contributed by atoms with Crippen molar-refractivity contribution in [3.63, 3.8) is 0 Å². The molecule has 3 rings (SSSR count). The molecule has 2 atom stereocenters. The number of nitrogens with two attached hydrogens (primary N) is 1. The predicted octanol–water partition coefficient (Wildman–Crippen LogP) is 2.88.